The van der Waals surface area contributed by atoms with Crippen molar-refractivity contribution in [2.45, 2.75) is 19.0 Å². The van der Waals surface area contributed by atoms with Gasteiger partial charge in [0.1, 0.15) is 27.0 Å². The van der Waals surface area contributed by atoms with Gasteiger partial charge in [0, 0.05) is 24.1 Å². The smallest absolute Gasteiger partial charge is 0.352 e. The van der Waals surface area contributed by atoms with E-state index in [0.717, 1.165) is 6.26 Å². The first-order chi connectivity index (χ1) is 10.4. The van der Waals surface area contributed by atoms with Gasteiger partial charge in [-0.2, -0.15) is 13.2 Å². The van der Waals surface area contributed by atoms with E-state index in [4.69, 9.17) is 0 Å². The van der Waals surface area contributed by atoms with Gasteiger partial charge >= 0.3 is 6.18 Å². The Hall–Kier alpha value is -1.71. The molecule has 0 spiro atoms. The summed E-state index contributed by atoms with van der Waals surface area (Å²) < 4.78 is 85.6. The summed E-state index contributed by atoms with van der Waals surface area (Å²) in [6, 6.07) is 0.607. The predicted octanol–water partition coefficient (Wildman–Crippen LogP) is 2.54. The summed E-state index contributed by atoms with van der Waals surface area (Å²) in [6.45, 7) is 0.0264. The molecular weight excluding hydrogens is 345 g/mol. The van der Waals surface area contributed by atoms with Crippen LogP contribution in [0.1, 0.15) is 28.8 Å². The molecule has 130 valence electrons. The third kappa shape index (κ3) is 6.12. The zero-order valence-electron chi connectivity index (χ0n) is 12.0. The van der Waals surface area contributed by atoms with Gasteiger partial charge in [-0.15, -0.1) is 0 Å². The van der Waals surface area contributed by atoms with Crippen molar-refractivity contribution in [1.82, 2.24) is 5.32 Å². The van der Waals surface area contributed by atoms with Crippen molar-refractivity contribution in [3.05, 3.63) is 34.9 Å². The van der Waals surface area contributed by atoms with Crippen LogP contribution in [0, 0.1) is 11.6 Å². The van der Waals surface area contributed by atoms with Crippen molar-refractivity contribution in [1.29, 1.82) is 0 Å². The number of nitrogens with one attached hydrogen (secondary N) is 1. The van der Waals surface area contributed by atoms with E-state index in [9.17, 15) is 35.2 Å². The molecule has 10 heteroatoms. The van der Waals surface area contributed by atoms with E-state index in [1.165, 1.54) is 0 Å². The third-order valence-corrected chi connectivity index (χ3v) is 3.85. The van der Waals surface area contributed by atoms with Crippen LogP contribution in [0.25, 0.3) is 0 Å². The molecule has 1 aromatic carbocycles. The van der Waals surface area contributed by atoms with Crippen LogP contribution in [0.3, 0.4) is 0 Å². The van der Waals surface area contributed by atoms with Crippen LogP contribution in [0.2, 0.25) is 0 Å². The summed E-state index contributed by atoms with van der Waals surface area (Å²) in [5.74, 6) is -4.78. The number of sulfone groups is 1. The second-order valence-electron chi connectivity index (χ2n) is 4.91. The van der Waals surface area contributed by atoms with Gasteiger partial charge in [-0.3, -0.25) is 4.79 Å². The van der Waals surface area contributed by atoms with E-state index in [2.05, 4.69) is 5.32 Å². The molecule has 4 nitrogen and oxygen atoms in total. The highest BCUT2D eigenvalue weighted by Crippen LogP contribution is 2.33. The van der Waals surface area contributed by atoms with Crippen molar-refractivity contribution in [2.24, 2.45) is 0 Å². The van der Waals surface area contributed by atoms with Gasteiger partial charge in [0.05, 0.1) is 0 Å². The number of alkyl halides is 3. The molecule has 0 fully saturated rings. The maximum atomic E-state index is 13.3. The quantitative estimate of drug-likeness (QED) is 0.627. The van der Waals surface area contributed by atoms with E-state index in [1.54, 1.807) is 0 Å². The van der Waals surface area contributed by atoms with Crippen molar-refractivity contribution in [2.75, 3.05) is 18.6 Å². The van der Waals surface area contributed by atoms with Gasteiger partial charge in [0.2, 0.25) is 0 Å². The lowest BCUT2D eigenvalue weighted by molar-refractivity contribution is -0.142. The molecule has 0 bridgehead atoms. The highest BCUT2D eigenvalue weighted by molar-refractivity contribution is 7.90. The fourth-order valence-corrected chi connectivity index (χ4v) is 2.50. The van der Waals surface area contributed by atoms with Crippen LogP contribution in [-0.4, -0.2) is 32.9 Å². The lowest BCUT2D eigenvalue weighted by Crippen LogP contribution is -2.25. The monoisotopic (exact) mass is 359 g/mol. The molecule has 1 rings (SSSR count). The maximum Gasteiger partial charge on any atom is 0.422 e. The number of carbonyl (C=O) groups excluding carboxylic acids is 1. The lowest BCUT2D eigenvalue weighted by Gasteiger charge is -2.11. The fraction of sp³-hybridized carbons (Fsp3) is 0.462. The van der Waals surface area contributed by atoms with Crippen LogP contribution < -0.4 is 5.32 Å². The van der Waals surface area contributed by atoms with E-state index in [0.29, 0.717) is 18.6 Å². The summed E-state index contributed by atoms with van der Waals surface area (Å²) >= 11 is 0. The van der Waals surface area contributed by atoms with Gasteiger partial charge in [-0.05, 0) is 25.0 Å². The molecule has 1 aromatic rings. The number of benzene rings is 1. The molecule has 0 saturated carbocycles. The second-order valence-corrected chi connectivity index (χ2v) is 7.17. The number of hydrogen-bond acceptors (Lipinski definition) is 3. The molecule has 0 heterocycles. The van der Waals surface area contributed by atoms with E-state index in [-0.39, 0.29) is 18.7 Å². The van der Waals surface area contributed by atoms with E-state index >= 15 is 0 Å². The van der Waals surface area contributed by atoms with Gasteiger partial charge < -0.3 is 5.32 Å². The summed E-state index contributed by atoms with van der Waals surface area (Å²) in [5.41, 5.74) is -2.64. The standard InChI is InChI=1S/C13H14F5NO3S/c1-23(21,22)5-3-2-4-19-12(20)8-6-9(14)11(10(15)7-8)13(16,17)18/h6-7H,2-5H2,1H3,(H,19,20). The zero-order valence-corrected chi connectivity index (χ0v) is 12.8. The first-order valence-corrected chi connectivity index (χ1v) is 8.50. The Kier molecular flexibility index (Phi) is 6.09. The molecular formula is C13H14F5NO3S. The summed E-state index contributed by atoms with van der Waals surface area (Å²) in [6.07, 6.45) is -3.58. The van der Waals surface area contributed by atoms with Gasteiger partial charge in [-0.1, -0.05) is 0 Å². The van der Waals surface area contributed by atoms with Gasteiger partial charge in [0.15, 0.2) is 0 Å². The van der Waals surface area contributed by atoms with Crippen LogP contribution in [-0.2, 0) is 16.0 Å². The number of hydrogen-bond donors (Lipinski definition) is 1. The van der Waals surface area contributed by atoms with Crippen molar-refractivity contribution >= 4 is 15.7 Å². The van der Waals surface area contributed by atoms with E-state index < -0.39 is 44.7 Å². The topological polar surface area (TPSA) is 63.2 Å². The van der Waals surface area contributed by atoms with Crippen LogP contribution in [0.4, 0.5) is 22.0 Å². The first-order valence-electron chi connectivity index (χ1n) is 6.44. The minimum atomic E-state index is -5.20. The fourth-order valence-electron chi connectivity index (χ4n) is 1.77. The Balaban J connectivity index is 2.68. The summed E-state index contributed by atoms with van der Waals surface area (Å²) in [4.78, 5) is 11.6. The molecule has 0 radical (unpaired) electrons. The second kappa shape index (κ2) is 7.24. The molecule has 1 N–H and O–H groups in total. The van der Waals surface area contributed by atoms with Crippen molar-refractivity contribution in [3.8, 4) is 0 Å². The minimum absolute atomic E-state index is 0.0264. The molecule has 0 aliphatic rings. The molecule has 23 heavy (non-hydrogen) atoms. The van der Waals surface area contributed by atoms with Gasteiger partial charge in [-0.25, -0.2) is 17.2 Å². The first kappa shape index (κ1) is 19.3. The number of carbonyl (C=O) groups is 1. The van der Waals surface area contributed by atoms with Crippen molar-refractivity contribution < 1.29 is 35.2 Å². The number of unbranched alkanes of at least 4 members (excludes halogenated alkanes) is 1. The Bertz CT molecular complexity index is 662. The summed E-state index contributed by atoms with van der Waals surface area (Å²) in [7, 11) is -3.13. The average molecular weight is 359 g/mol. The normalized spacial score (nSPS) is 12.3. The highest BCUT2D eigenvalue weighted by atomic mass is 32.2. The van der Waals surface area contributed by atoms with Crippen LogP contribution in [0.5, 0.6) is 0 Å². The molecule has 0 aliphatic carbocycles. The van der Waals surface area contributed by atoms with Crippen LogP contribution in [0.15, 0.2) is 12.1 Å². The lowest BCUT2D eigenvalue weighted by atomic mass is 10.1. The molecule has 0 aromatic heterocycles. The predicted molar refractivity (Wildman–Crippen MR) is 72.6 cm³/mol. The highest BCUT2D eigenvalue weighted by Gasteiger charge is 2.38. The third-order valence-electron chi connectivity index (χ3n) is 2.82. The molecule has 0 atom stereocenters. The zero-order chi connectivity index (χ0) is 17.8. The maximum absolute atomic E-state index is 13.3. The average Bonchev–Trinajstić information content (AvgIpc) is 2.33. The summed E-state index contributed by atoms with van der Waals surface area (Å²) in [5, 5.41) is 2.25. The molecule has 0 saturated heterocycles. The Labute approximate surface area is 129 Å². The number of amides is 1. The largest absolute Gasteiger partial charge is 0.422 e. The van der Waals surface area contributed by atoms with Crippen LogP contribution >= 0.6 is 0 Å². The Morgan fingerprint density at radius 2 is 1.65 bits per heavy atom. The van der Waals surface area contributed by atoms with E-state index in [1.807, 2.05) is 0 Å². The molecule has 1 amide bonds. The Morgan fingerprint density at radius 3 is 2.09 bits per heavy atom. The van der Waals surface area contributed by atoms with Gasteiger partial charge in [0.25, 0.3) is 5.91 Å². The SMILES string of the molecule is CS(=O)(=O)CCCCNC(=O)c1cc(F)c(C(F)(F)F)c(F)c1. The number of halogens is 5. The molecule has 0 unspecified atom stereocenters. The molecule has 0 aliphatic heterocycles. The minimum Gasteiger partial charge on any atom is -0.352 e. The van der Waals surface area contributed by atoms with Crippen molar-refractivity contribution in [3.63, 3.8) is 0 Å². The number of rotatable bonds is 6. The Morgan fingerprint density at radius 1 is 1.13 bits per heavy atom.